The molecule has 100 valence electrons. The first-order chi connectivity index (χ1) is 9.29. The Morgan fingerprint density at radius 1 is 1.37 bits per heavy atom. The lowest BCUT2D eigenvalue weighted by atomic mass is 10.1. The van der Waals surface area contributed by atoms with Crippen LogP contribution >= 0.6 is 11.8 Å². The van der Waals surface area contributed by atoms with Crippen LogP contribution in [0, 0.1) is 0 Å². The summed E-state index contributed by atoms with van der Waals surface area (Å²) in [5.74, 6) is 0.0407. The molecule has 2 atom stereocenters. The van der Waals surface area contributed by atoms with Crippen molar-refractivity contribution in [3.8, 4) is 0 Å². The second-order valence-electron chi connectivity index (χ2n) is 5.03. The van der Waals surface area contributed by atoms with Crippen LogP contribution in [0.4, 0.5) is 0 Å². The van der Waals surface area contributed by atoms with Crippen LogP contribution in [-0.2, 0) is 0 Å². The first-order valence-corrected chi connectivity index (χ1v) is 7.98. The van der Waals surface area contributed by atoms with Crippen LogP contribution in [0.5, 0.6) is 0 Å². The van der Waals surface area contributed by atoms with Crippen molar-refractivity contribution >= 4 is 28.6 Å². The van der Waals surface area contributed by atoms with Crippen LogP contribution in [0.3, 0.4) is 0 Å². The van der Waals surface area contributed by atoms with Crippen molar-refractivity contribution in [2.45, 2.75) is 30.6 Å². The molecule has 3 nitrogen and oxygen atoms in total. The van der Waals surface area contributed by atoms with E-state index < -0.39 is 0 Å². The van der Waals surface area contributed by atoms with Gasteiger partial charge in [0.15, 0.2) is 0 Å². The SMILES string of the molecule is CSC1CCCC1NC(=O)c1cccc2cc[nH]c12. The molecule has 2 aromatic rings. The third kappa shape index (κ3) is 2.37. The number of rotatable bonds is 3. The van der Waals surface area contributed by atoms with Gasteiger partial charge < -0.3 is 10.3 Å². The van der Waals surface area contributed by atoms with Crippen LogP contribution in [-0.4, -0.2) is 28.4 Å². The Morgan fingerprint density at radius 3 is 3.11 bits per heavy atom. The Bertz CT molecular complexity index is 593. The summed E-state index contributed by atoms with van der Waals surface area (Å²) < 4.78 is 0. The molecular weight excluding hydrogens is 256 g/mol. The summed E-state index contributed by atoms with van der Waals surface area (Å²) in [6.07, 6.45) is 7.52. The highest BCUT2D eigenvalue weighted by atomic mass is 32.2. The van der Waals surface area contributed by atoms with E-state index in [2.05, 4.69) is 16.6 Å². The number of carbonyl (C=O) groups is 1. The van der Waals surface area contributed by atoms with Crippen LogP contribution in [0.1, 0.15) is 29.6 Å². The van der Waals surface area contributed by atoms with Gasteiger partial charge in [-0.15, -0.1) is 0 Å². The smallest absolute Gasteiger partial charge is 0.253 e. The zero-order chi connectivity index (χ0) is 13.2. The Morgan fingerprint density at radius 2 is 2.26 bits per heavy atom. The Hall–Kier alpha value is -1.42. The lowest BCUT2D eigenvalue weighted by Gasteiger charge is -2.19. The van der Waals surface area contributed by atoms with E-state index in [1.54, 1.807) is 0 Å². The van der Waals surface area contributed by atoms with Gasteiger partial charge in [0.25, 0.3) is 5.91 Å². The van der Waals surface area contributed by atoms with E-state index in [0.717, 1.165) is 22.9 Å². The second kappa shape index (κ2) is 5.29. The number of hydrogen-bond acceptors (Lipinski definition) is 2. The maximum absolute atomic E-state index is 12.4. The maximum atomic E-state index is 12.4. The summed E-state index contributed by atoms with van der Waals surface area (Å²) in [5, 5.41) is 4.84. The van der Waals surface area contributed by atoms with Gasteiger partial charge in [0.1, 0.15) is 0 Å². The topological polar surface area (TPSA) is 44.9 Å². The van der Waals surface area contributed by atoms with Crippen molar-refractivity contribution < 1.29 is 4.79 Å². The van der Waals surface area contributed by atoms with E-state index in [4.69, 9.17) is 0 Å². The van der Waals surface area contributed by atoms with E-state index >= 15 is 0 Å². The number of H-pyrrole nitrogens is 1. The second-order valence-corrected chi connectivity index (χ2v) is 6.11. The molecule has 4 heteroatoms. The molecule has 0 bridgehead atoms. The Balaban J connectivity index is 1.82. The van der Waals surface area contributed by atoms with Crippen LogP contribution in [0.15, 0.2) is 30.5 Å². The molecule has 1 heterocycles. The minimum atomic E-state index is 0.0407. The number of benzene rings is 1. The maximum Gasteiger partial charge on any atom is 0.253 e. The molecule has 2 N–H and O–H groups in total. The van der Waals surface area contributed by atoms with Gasteiger partial charge >= 0.3 is 0 Å². The zero-order valence-electron chi connectivity index (χ0n) is 11.0. The molecule has 0 saturated heterocycles. The third-order valence-electron chi connectivity index (χ3n) is 3.90. The first-order valence-electron chi connectivity index (χ1n) is 6.69. The lowest BCUT2D eigenvalue weighted by molar-refractivity contribution is 0.0940. The highest BCUT2D eigenvalue weighted by Gasteiger charge is 2.28. The van der Waals surface area contributed by atoms with Crippen molar-refractivity contribution in [1.29, 1.82) is 0 Å². The van der Waals surface area contributed by atoms with Crippen LogP contribution in [0.25, 0.3) is 10.9 Å². The lowest BCUT2D eigenvalue weighted by Crippen LogP contribution is -2.38. The molecule has 1 fully saturated rings. The fraction of sp³-hybridized carbons (Fsp3) is 0.400. The molecule has 1 aliphatic rings. The molecule has 19 heavy (non-hydrogen) atoms. The standard InChI is InChI=1S/C15H18N2OS/c1-19-13-7-3-6-12(13)17-15(18)11-5-2-4-10-8-9-16-14(10)11/h2,4-5,8-9,12-13,16H,3,6-7H2,1H3,(H,17,18). The van der Waals surface area contributed by atoms with Crippen molar-refractivity contribution in [1.82, 2.24) is 10.3 Å². The van der Waals surface area contributed by atoms with Gasteiger partial charge in [0, 0.05) is 22.9 Å². The molecule has 0 radical (unpaired) electrons. The predicted octanol–water partition coefficient (Wildman–Crippen LogP) is 3.18. The summed E-state index contributed by atoms with van der Waals surface area (Å²) in [6.45, 7) is 0. The summed E-state index contributed by atoms with van der Waals surface area (Å²) in [4.78, 5) is 15.6. The normalized spacial score (nSPS) is 22.8. The van der Waals surface area contributed by atoms with Gasteiger partial charge in [-0.05, 0) is 31.2 Å². The Kier molecular flexibility index (Phi) is 3.51. The molecular formula is C15H18N2OS. The average Bonchev–Trinajstić information content (AvgIpc) is 3.05. The van der Waals surface area contributed by atoms with Crippen molar-refractivity contribution in [3.63, 3.8) is 0 Å². The van der Waals surface area contributed by atoms with Crippen molar-refractivity contribution in [3.05, 3.63) is 36.0 Å². The minimum Gasteiger partial charge on any atom is -0.361 e. The predicted molar refractivity (Wildman–Crippen MR) is 80.7 cm³/mol. The molecule has 1 aromatic carbocycles. The van der Waals surface area contributed by atoms with E-state index in [1.807, 2.05) is 42.2 Å². The number of thioether (sulfide) groups is 1. The van der Waals surface area contributed by atoms with Gasteiger partial charge in [0.2, 0.25) is 0 Å². The molecule has 0 spiro atoms. The fourth-order valence-electron chi connectivity index (χ4n) is 2.89. The average molecular weight is 274 g/mol. The summed E-state index contributed by atoms with van der Waals surface area (Å²) in [5.41, 5.74) is 1.67. The minimum absolute atomic E-state index is 0.0407. The largest absolute Gasteiger partial charge is 0.361 e. The zero-order valence-corrected chi connectivity index (χ0v) is 11.8. The number of carbonyl (C=O) groups excluding carboxylic acids is 1. The summed E-state index contributed by atoms with van der Waals surface area (Å²) >= 11 is 1.86. The van der Waals surface area contributed by atoms with Crippen molar-refractivity contribution in [2.24, 2.45) is 0 Å². The highest BCUT2D eigenvalue weighted by Crippen LogP contribution is 2.28. The van der Waals surface area contributed by atoms with E-state index in [0.29, 0.717) is 11.3 Å². The van der Waals surface area contributed by atoms with E-state index in [-0.39, 0.29) is 5.91 Å². The Labute approximate surface area is 117 Å². The van der Waals surface area contributed by atoms with Gasteiger partial charge in [0.05, 0.1) is 11.1 Å². The van der Waals surface area contributed by atoms with Gasteiger partial charge in [-0.25, -0.2) is 0 Å². The van der Waals surface area contributed by atoms with Crippen LogP contribution < -0.4 is 5.32 Å². The van der Waals surface area contributed by atoms with Gasteiger partial charge in [-0.2, -0.15) is 11.8 Å². The quantitative estimate of drug-likeness (QED) is 0.903. The molecule has 0 aliphatic heterocycles. The monoisotopic (exact) mass is 274 g/mol. The fourth-order valence-corrected chi connectivity index (χ4v) is 3.83. The number of aromatic nitrogens is 1. The molecule has 1 aliphatic carbocycles. The summed E-state index contributed by atoms with van der Waals surface area (Å²) in [6, 6.07) is 8.14. The molecule has 1 aromatic heterocycles. The number of amides is 1. The number of para-hydroxylation sites is 1. The van der Waals surface area contributed by atoms with Gasteiger partial charge in [-0.3, -0.25) is 4.79 Å². The van der Waals surface area contributed by atoms with Crippen LogP contribution in [0.2, 0.25) is 0 Å². The van der Waals surface area contributed by atoms with Crippen molar-refractivity contribution in [2.75, 3.05) is 6.26 Å². The molecule has 2 unspecified atom stereocenters. The molecule has 1 saturated carbocycles. The van der Waals surface area contributed by atoms with E-state index in [9.17, 15) is 4.79 Å². The van der Waals surface area contributed by atoms with Gasteiger partial charge in [-0.1, -0.05) is 18.6 Å². The summed E-state index contributed by atoms with van der Waals surface area (Å²) in [7, 11) is 0. The molecule has 3 rings (SSSR count). The third-order valence-corrected chi connectivity index (χ3v) is 5.07. The highest BCUT2D eigenvalue weighted by molar-refractivity contribution is 7.99. The molecule has 1 amide bonds. The number of fused-ring (bicyclic) bond motifs is 1. The number of hydrogen-bond donors (Lipinski definition) is 2. The number of nitrogens with one attached hydrogen (secondary N) is 2. The van der Waals surface area contributed by atoms with E-state index in [1.165, 1.54) is 12.8 Å². The number of aromatic amines is 1. The first kappa shape index (κ1) is 12.6.